The highest BCUT2D eigenvalue weighted by molar-refractivity contribution is 6.35. The molecule has 0 unspecified atom stereocenters. The average molecular weight is 383 g/mol. The molecule has 0 aromatic heterocycles. The number of benzene rings is 2. The van der Waals surface area contributed by atoms with Crippen LogP contribution in [-0.2, 0) is 4.79 Å². The maximum Gasteiger partial charge on any atom is 0.238 e. The Balaban J connectivity index is 2.02. The molecule has 0 saturated carbocycles. The van der Waals surface area contributed by atoms with E-state index in [2.05, 4.69) is 10.6 Å². The molecule has 0 bridgehead atoms. The molecule has 2 N–H and O–H groups in total. The Labute approximate surface area is 157 Å². The summed E-state index contributed by atoms with van der Waals surface area (Å²) in [5, 5.41) is 6.30. The molecule has 0 aliphatic carbocycles. The molecular weight excluding hydrogens is 362 g/mol. The number of nitrogens with one attached hydrogen (secondary N) is 2. The van der Waals surface area contributed by atoms with Gasteiger partial charge in [0.15, 0.2) is 0 Å². The van der Waals surface area contributed by atoms with Gasteiger partial charge in [-0.1, -0.05) is 40.9 Å². The van der Waals surface area contributed by atoms with Gasteiger partial charge in [0.25, 0.3) is 0 Å². The Hall–Kier alpha value is -1.62. The number of hydrogen-bond acceptors (Lipinski definition) is 2. The summed E-state index contributed by atoms with van der Waals surface area (Å²) in [6.45, 7) is 7.83. The SMILES string of the molecule is Cc1cc(C)c(NC(=O)CN[C@H](C)c2cc(F)c(Cl)cc2Cl)c(C)c1. The van der Waals surface area contributed by atoms with Gasteiger partial charge in [0.2, 0.25) is 5.91 Å². The summed E-state index contributed by atoms with van der Waals surface area (Å²) in [5.41, 5.74) is 4.56. The van der Waals surface area contributed by atoms with E-state index in [0.717, 1.165) is 22.4 Å². The van der Waals surface area contributed by atoms with Gasteiger partial charge >= 0.3 is 0 Å². The van der Waals surface area contributed by atoms with Crippen molar-refractivity contribution in [1.82, 2.24) is 5.32 Å². The summed E-state index contributed by atoms with van der Waals surface area (Å²) in [6, 6.07) is 6.40. The third-order valence-electron chi connectivity index (χ3n) is 4.02. The maximum atomic E-state index is 13.6. The second-order valence-corrected chi connectivity index (χ2v) is 7.03. The molecule has 1 atom stereocenters. The van der Waals surface area contributed by atoms with Gasteiger partial charge < -0.3 is 10.6 Å². The van der Waals surface area contributed by atoms with E-state index in [1.165, 1.54) is 12.1 Å². The van der Waals surface area contributed by atoms with Crippen molar-refractivity contribution in [3.05, 3.63) is 62.4 Å². The van der Waals surface area contributed by atoms with Gasteiger partial charge in [-0.15, -0.1) is 0 Å². The fourth-order valence-corrected chi connectivity index (χ4v) is 3.33. The highest BCUT2D eigenvalue weighted by atomic mass is 35.5. The first-order valence-corrected chi connectivity index (χ1v) is 8.70. The van der Waals surface area contributed by atoms with E-state index in [1.54, 1.807) is 0 Å². The van der Waals surface area contributed by atoms with E-state index >= 15 is 0 Å². The summed E-state index contributed by atoms with van der Waals surface area (Å²) < 4.78 is 13.6. The lowest BCUT2D eigenvalue weighted by Gasteiger charge is -2.17. The minimum absolute atomic E-state index is 0.0241. The Morgan fingerprint density at radius 1 is 1.08 bits per heavy atom. The van der Waals surface area contributed by atoms with Gasteiger partial charge in [0, 0.05) is 16.8 Å². The summed E-state index contributed by atoms with van der Waals surface area (Å²) >= 11 is 11.8. The first kappa shape index (κ1) is 19.7. The maximum absolute atomic E-state index is 13.6. The van der Waals surface area contributed by atoms with Crippen LogP contribution in [0.1, 0.15) is 35.2 Å². The number of hydrogen-bond donors (Lipinski definition) is 2. The van der Waals surface area contributed by atoms with Crippen LogP contribution < -0.4 is 10.6 Å². The average Bonchev–Trinajstić information content (AvgIpc) is 2.52. The summed E-state index contributed by atoms with van der Waals surface area (Å²) in [5.74, 6) is -0.711. The molecule has 2 rings (SSSR count). The van der Waals surface area contributed by atoms with Gasteiger partial charge in [-0.3, -0.25) is 4.79 Å². The zero-order chi connectivity index (χ0) is 18.7. The molecule has 0 heterocycles. The fraction of sp³-hybridized carbons (Fsp3) is 0.316. The molecule has 2 aromatic rings. The summed E-state index contributed by atoms with van der Waals surface area (Å²) in [4.78, 5) is 12.2. The molecule has 0 spiro atoms. The van der Waals surface area contributed by atoms with Crippen LogP contribution >= 0.6 is 23.2 Å². The highest BCUT2D eigenvalue weighted by Crippen LogP contribution is 2.28. The first-order chi connectivity index (χ1) is 11.7. The Morgan fingerprint density at radius 2 is 1.68 bits per heavy atom. The number of rotatable bonds is 5. The van der Waals surface area contributed by atoms with Crippen molar-refractivity contribution in [3.8, 4) is 0 Å². The molecule has 0 aliphatic heterocycles. The number of carbonyl (C=O) groups is 1. The van der Waals surface area contributed by atoms with Crippen LogP contribution in [0, 0.1) is 26.6 Å². The van der Waals surface area contributed by atoms with Crippen molar-refractivity contribution < 1.29 is 9.18 Å². The van der Waals surface area contributed by atoms with Crippen molar-refractivity contribution >= 4 is 34.8 Å². The predicted octanol–water partition coefficient (Wildman–Crippen LogP) is 5.35. The van der Waals surface area contributed by atoms with Crippen LogP contribution in [0.5, 0.6) is 0 Å². The molecule has 3 nitrogen and oxygen atoms in total. The van der Waals surface area contributed by atoms with Gasteiger partial charge in [-0.05, 0) is 56.5 Å². The zero-order valence-corrected chi connectivity index (χ0v) is 16.1. The van der Waals surface area contributed by atoms with Crippen molar-refractivity contribution in [3.63, 3.8) is 0 Å². The largest absolute Gasteiger partial charge is 0.324 e. The smallest absolute Gasteiger partial charge is 0.238 e. The van der Waals surface area contributed by atoms with Crippen LogP contribution in [0.4, 0.5) is 10.1 Å². The molecular formula is C19H21Cl2FN2O. The van der Waals surface area contributed by atoms with Crippen LogP contribution in [0.15, 0.2) is 24.3 Å². The number of aryl methyl sites for hydroxylation is 3. The van der Waals surface area contributed by atoms with Gasteiger partial charge in [-0.2, -0.15) is 0 Å². The topological polar surface area (TPSA) is 41.1 Å². The fourth-order valence-electron chi connectivity index (χ4n) is 2.79. The lowest BCUT2D eigenvalue weighted by Crippen LogP contribution is -2.30. The molecule has 25 heavy (non-hydrogen) atoms. The summed E-state index contributed by atoms with van der Waals surface area (Å²) in [6.07, 6.45) is 0. The van der Waals surface area contributed by atoms with Gasteiger partial charge in [-0.25, -0.2) is 4.39 Å². The van der Waals surface area contributed by atoms with Crippen LogP contribution in [0.2, 0.25) is 10.0 Å². The standard InChI is InChI=1S/C19H21Cl2FN2O/c1-10-5-11(2)19(12(3)6-10)24-18(25)9-23-13(4)14-7-17(22)16(21)8-15(14)20/h5-8,13,23H,9H2,1-4H3,(H,24,25)/t13-/m1/s1. The Morgan fingerprint density at radius 3 is 2.28 bits per heavy atom. The van der Waals surface area contributed by atoms with E-state index in [0.29, 0.717) is 10.6 Å². The number of anilines is 1. The lowest BCUT2D eigenvalue weighted by atomic mass is 10.1. The minimum Gasteiger partial charge on any atom is -0.324 e. The number of amides is 1. The van der Waals surface area contributed by atoms with E-state index in [4.69, 9.17) is 23.2 Å². The number of carbonyl (C=O) groups excluding carboxylic acids is 1. The molecule has 134 valence electrons. The van der Waals surface area contributed by atoms with Gasteiger partial charge in [0.05, 0.1) is 11.6 Å². The monoisotopic (exact) mass is 382 g/mol. The second kappa shape index (κ2) is 8.17. The highest BCUT2D eigenvalue weighted by Gasteiger charge is 2.15. The Bertz CT molecular complexity index is 785. The van der Waals surface area contributed by atoms with Gasteiger partial charge in [0.1, 0.15) is 5.82 Å². The summed E-state index contributed by atoms with van der Waals surface area (Å²) in [7, 11) is 0. The minimum atomic E-state index is -0.537. The van der Waals surface area contributed by atoms with Crippen molar-refractivity contribution in [2.24, 2.45) is 0 Å². The molecule has 0 aliphatic rings. The quantitative estimate of drug-likeness (QED) is 0.684. The Kier molecular flexibility index (Phi) is 6.44. The zero-order valence-electron chi connectivity index (χ0n) is 14.6. The lowest BCUT2D eigenvalue weighted by molar-refractivity contribution is -0.115. The van der Waals surface area contributed by atoms with E-state index < -0.39 is 5.82 Å². The normalized spacial score (nSPS) is 12.1. The first-order valence-electron chi connectivity index (χ1n) is 7.94. The second-order valence-electron chi connectivity index (χ2n) is 6.21. The molecule has 6 heteroatoms. The molecule has 2 aromatic carbocycles. The third kappa shape index (κ3) is 4.94. The van der Waals surface area contributed by atoms with Crippen LogP contribution in [0.25, 0.3) is 0 Å². The molecule has 0 fully saturated rings. The third-order valence-corrected chi connectivity index (χ3v) is 4.63. The number of halogens is 3. The van der Waals surface area contributed by atoms with Crippen molar-refractivity contribution in [1.29, 1.82) is 0 Å². The molecule has 0 saturated heterocycles. The van der Waals surface area contributed by atoms with Crippen molar-refractivity contribution in [2.45, 2.75) is 33.7 Å². The van der Waals surface area contributed by atoms with E-state index in [-0.39, 0.29) is 23.5 Å². The van der Waals surface area contributed by atoms with Crippen LogP contribution in [-0.4, -0.2) is 12.5 Å². The predicted molar refractivity (Wildman–Crippen MR) is 102 cm³/mol. The van der Waals surface area contributed by atoms with Crippen LogP contribution in [0.3, 0.4) is 0 Å². The van der Waals surface area contributed by atoms with Crippen molar-refractivity contribution in [2.75, 3.05) is 11.9 Å². The van der Waals surface area contributed by atoms with E-state index in [9.17, 15) is 9.18 Å². The van der Waals surface area contributed by atoms with E-state index in [1.807, 2.05) is 39.8 Å². The molecule has 0 radical (unpaired) electrons. The molecule has 1 amide bonds.